The van der Waals surface area contributed by atoms with Gasteiger partial charge in [0.2, 0.25) is 5.91 Å². The molecule has 124 valence electrons. The topological polar surface area (TPSA) is 54.3 Å². The van der Waals surface area contributed by atoms with Gasteiger partial charge in [0.05, 0.1) is 0 Å². The summed E-state index contributed by atoms with van der Waals surface area (Å²) < 4.78 is 2.07. The van der Waals surface area contributed by atoms with E-state index in [9.17, 15) is 9.59 Å². The van der Waals surface area contributed by atoms with Crippen molar-refractivity contribution in [2.75, 3.05) is 16.8 Å². The van der Waals surface area contributed by atoms with Crippen molar-refractivity contribution < 1.29 is 9.59 Å². The Kier molecular flexibility index (Phi) is 3.61. The van der Waals surface area contributed by atoms with Crippen molar-refractivity contribution in [1.29, 1.82) is 0 Å². The minimum atomic E-state index is -0.276. The van der Waals surface area contributed by atoms with Gasteiger partial charge in [-0.05, 0) is 36.4 Å². The van der Waals surface area contributed by atoms with Gasteiger partial charge in [-0.3, -0.25) is 9.59 Å². The molecule has 25 heavy (non-hydrogen) atoms. The van der Waals surface area contributed by atoms with Gasteiger partial charge >= 0.3 is 0 Å². The van der Waals surface area contributed by atoms with E-state index in [-0.39, 0.29) is 11.8 Å². The van der Waals surface area contributed by atoms with Crippen molar-refractivity contribution in [3.63, 3.8) is 0 Å². The maximum atomic E-state index is 13.0. The third-order valence-electron chi connectivity index (χ3n) is 4.43. The fourth-order valence-electron chi connectivity index (χ4n) is 3.26. The highest BCUT2D eigenvalue weighted by Gasteiger charge is 2.27. The first-order chi connectivity index (χ1) is 12.2. The molecule has 0 bridgehead atoms. The standard InChI is InChI=1S/C20H17N3O2/c1-2-19(24)21-15-7-5-8-16(13-15)22-10-11-23-17-9-4-3-6-14(17)12-18(23)20(22)25/h2-9,12-13H,1,10-11H2,(H,21,24). The predicted octanol–water partition coefficient (Wildman–Crippen LogP) is 3.43. The Labute approximate surface area is 145 Å². The lowest BCUT2D eigenvalue weighted by Crippen LogP contribution is -2.40. The van der Waals surface area contributed by atoms with E-state index in [1.54, 1.807) is 17.0 Å². The van der Waals surface area contributed by atoms with Gasteiger partial charge in [0.1, 0.15) is 5.69 Å². The van der Waals surface area contributed by atoms with Gasteiger partial charge < -0.3 is 14.8 Å². The van der Waals surface area contributed by atoms with E-state index in [2.05, 4.69) is 16.5 Å². The number of aromatic nitrogens is 1. The molecule has 4 rings (SSSR count). The van der Waals surface area contributed by atoms with E-state index < -0.39 is 0 Å². The number of nitrogens with zero attached hydrogens (tertiary/aromatic N) is 2. The second kappa shape index (κ2) is 5.94. The zero-order valence-corrected chi connectivity index (χ0v) is 13.6. The molecule has 2 amide bonds. The summed E-state index contributed by atoms with van der Waals surface area (Å²) in [6.07, 6.45) is 1.22. The molecule has 0 unspecified atom stereocenters. The zero-order valence-electron chi connectivity index (χ0n) is 13.6. The summed E-state index contributed by atoms with van der Waals surface area (Å²) in [4.78, 5) is 26.2. The van der Waals surface area contributed by atoms with Crippen LogP contribution in [0.2, 0.25) is 0 Å². The van der Waals surface area contributed by atoms with Gasteiger partial charge in [0.15, 0.2) is 0 Å². The Morgan fingerprint density at radius 2 is 1.92 bits per heavy atom. The molecule has 0 saturated heterocycles. The molecule has 0 atom stereocenters. The smallest absolute Gasteiger partial charge is 0.274 e. The minimum absolute atomic E-state index is 0.0327. The second-order valence-corrected chi connectivity index (χ2v) is 5.94. The van der Waals surface area contributed by atoms with Crippen LogP contribution in [0.3, 0.4) is 0 Å². The van der Waals surface area contributed by atoms with Crippen LogP contribution in [0, 0.1) is 0 Å². The van der Waals surface area contributed by atoms with Crippen LogP contribution >= 0.6 is 0 Å². The Morgan fingerprint density at radius 3 is 2.76 bits per heavy atom. The maximum Gasteiger partial charge on any atom is 0.274 e. The second-order valence-electron chi connectivity index (χ2n) is 5.94. The van der Waals surface area contributed by atoms with E-state index in [1.807, 2.05) is 42.5 Å². The van der Waals surface area contributed by atoms with Gasteiger partial charge in [0, 0.05) is 35.4 Å². The van der Waals surface area contributed by atoms with Crippen molar-refractivity contribution in [3.8, 4) is 0 Å². The zero-order chi connectivity index (χ0) is 17.4. The normalized spacial score (nSPS) is 13.6. The molecule has 0 radical (unpaired) electrons. The molecule has 2 heterocycles. The van der Waals surface area contributed by atoms with Crippen molar-refractivity contribution in [1.82, 2.24) is 4.57 Å². The van der Waals surface area contributed by atoms with Crippen LogP contribution in [0.25, 0.3) is 10.9 Å². The van der Waals surface area contributed by atoms with E-state index in [1.165, 1.54) is 6.08 Å². The van der Waals surface area contributed by atoms with Crippen LogP contribution in [-0.2, 0) is 11.3 Å². The monoisotopic (exact) mass is 331 g/mol. The van der Waals surface area contributed by atoms with Gasteiger partial charge in [-0.25, -0.2) is 0 Å². The van der Waals surface area contributed by atoms with Crippen molar-refractivity contribution in [2.24, 2.45) is 0 Å². The molecule has 0 spiro atoms. The summed E-state index contributed by atoms with van der Waals surface area (Å²) in [6, 6.07) is 17.2. The van der Waals surface area contributed by atoms with Crippen LogP contribution in [0.5, 0.6) is 0 Å². The lowest BCUT2D eigenvalue weighted by Gasteiger charge is -2.29. The molecule has 0 fully saturated rings. The third-order valence-corrected chi connectivity index (χ3v) is 4.43. The van der Waals surface area contributed by atoms with E-state index >= 15 is 0 Å². The summed E-state index contributed by atoms with van der Waals surface area (Å²) in [5, 5.41) is 3.80. The molecule has 2 aromatic carbocycles. The molecule has 1 aromatic heterocycles. The number of carbonyl (C=O) groups is 2. The Hall–Kier alpha value is -3.34. The average molecular weight is 331 g/mol. The Bertz CT molecular complexity index is 1000. The summed E-state index contributed by atoms with van der Waals surface area (Å²) in [5.41, 5.74) is 3.18. The minimum Gasteiger partial charge on any atom is -0.335 e. The van der Waals surface area contributed by atoms with Crippen molar-refractivity contribution >= 4 is 34.1 Å². The Morgan fingerprint density at radius 1 is 1.08 bits per heavy atom. The molecule has 1 aliphatic rings. The maximum absolute atomic E-state index is 13.0. The van der Waals surface area contributed by atoms with E-state index in [0.717, 1.165) is 23.1 Å². The quantitative estimate of drug-likeness (QED) is 0.748. The number of anilines is 2. The largest absolute Gasteiger partial charge is 0.335 e. The summed E-state index contributed by atoms with van der Waals surface area (Å²) in [6.45, 7) is 4.77. The van der Waals surface area contributed by atoms with Crippen LogP contribution in [0.15, 0.2) is 67.3 Å². The molecular weight excluding hydrogens is 314 g/mol. The fraction of sp³-hybridized carbons (Fsp3) is 0.100. The SMILES string of the molecule is C=CC(=O)Nc1cccc(N2CCn3c(cc4ccccc43)C2=O)c1. The number of carbonyl (C=O) groups excluding carboxylic acids is 2. The van der Waals surface area contributed by atoms with Gasteiger partial charge in [-0.15, -0.1) is 0 Å². The fourth-order valence-corrected chi connectivity index (χ4v) is 3.26. The average Bonchev–Trinajstić information content (AvgIpc) is 3.02. The first-order valence-electron chi connectivity index (χ1n) is 8.11. The Balaban J connectivity index is 1.69. The molecular formula is C20H17N3O2. The van der Waals surface area contributed by atoms with E-state index in [4.69, 9.17) is 0 Å². The van der Waals surface area contributed by atoms with Gasteiger partial charge in [-0.1, -0.05) is 30.8 Å². The molecule has 3 aromatic rings. The van der Waals surface area contributed by atoms with Crippen molar-refractivity contribution in [3.05, 3.63) is 72.9 Å². The van der Waals surface area contributed by atoms with Gasteiger partial charge in [0.25, 0.3) is 5.91 Å². The van der Waals surface area contributed by atoms with Crippen LogP contribution in [-0.4, -0.2) is 22.9 Å². The van der Waals surface area contributed by atoms with Gasteiger partial charge in [-0.2, -0.15) is 0 Å². The van der Waals surface area contributed by atoms with Crippen LogP contribution < -0.4 is 10.2 Å². The number of hydrogen-bond donors (Lipinski definition) is 1. The lowest BCUT2D eigenvalue weighted by atomic mass is 10.2. The highest BCUT2D eigenvalue weighted by molar-refractivity contribution is 6.09. The number of rotatable bonds is 3. The van der Waals surface area contributed by atoms with Crippen molar-refractivity contribution in [2.45, 2.75) is 6.54 Å². The molecule has 0 aliphatic carbocycles. The summed E-state index contributed by atoms with van der Waals surface area (Å²) >= 11 is 0. The highest BCUT2D eigenvalue weighted by atomic mass is 16.2. The number of hydrogen-bond acceptors (Lipinski definition) is 2. The highest BCUT2D eigenvalue weighted by Crippen LogP contribution is 2.28. The molecule has 5 heteroatoms. The predicted molar refractivity (Wildman–Crippen MR) is 98.9 cm³/mol. The summed E-state index contributed by atoms with van der Waals surface area (Å²) in [5.74, 6) is -0.308. The number of nitrogens with one attached hydrogen (secondary N) is 1. The van der Waals surface area contributed by atoms with Crippen LogP contribution in [0.4, 0.5) is 11.4 Å². The number of amides is 2. The number of benzene rings is 2. The third kappa shape index (κ3) is 2.59. The molecule has 1 N–H and O–H groups in total. The van der Waals surface area contributed by atoms with Crippen LogP contribution in [0.1, 0.15) is 10.5 Å². The lowest BCUT2D eigenvalue weighted by molar-refractivity contribution is -0.111. The molecule has 0 saturated carbocycles. The first kappa shape index (κ1) is 15.2. The van der Waals surface area contributed by atoms with E-state index in [0.29, 0.717) is 17.9 Å². The number of para-hydroxylation sites is 1. The number of fused-ring (bicyclic) bond motifs is 3. The molecule has 5 nitrogen and oxygen atoms in total. The first-order valence-corrected chi connectivity index (χ1v) is 8.11. The summed E-state index contributed by atoms with van der Waals surface area (Å²) in [7, 11) is 0. The molecule has 1 aliphatic heterocycles.